The lowest BCUT2D eigenvalue weighted by Gasteiger charge is -2.08. The van der Waals surface area contributed by atoms with Crippen molar-refractivity contribution < 1.29 is 9.15 Å². The highest BCUT2D eigenvalue weighted by molar-refractivity contribution is 7.99. The Hall–Kier alpha value is -1.83. The number of methoxy groups -OCH3 is 1. The highest BCUT2D eigenvalue weighted by Gasteiger charge is 2.09. The number of rotatable bonds is 10. The average molecular weight is 451 g/mol. The van der Waals surface area contributed by atoms with Crippen molar-refractivity contribution in [2.45, 2.75) is 29.9 Å². The smallest absolute Gasteiger partial charge is 0.423 e. The molecule has 154 valence electrons. The van der Waals surface area contributed by atoms with Gasteiger partial charge in [-0.15, -0.1) is 23.4 Å². The molecule has 0 saturated heterocycles. The van der Waals surface area contributed by atoms with Crippen molar-refractivity contribution in [1.29, 1.82) is 0 Å². The fourth-order valence-corrected chi connectivity index (χ4v) is 5.02. The molecule has 0 saturated carbocycles. The first-order chi connectivity index (χ1) is 14.1. The molecule has 8 heteroatoms. The first-order valence-electron chi connectivity index (χ1n) is 9.19. The minimum atomic E-state index is -0.371. The van der Waals surface area contributed by atoms with Gasteiger partial charge < -0.3 is 9.15 Å². The third kappa shape index (κ3) is 5.84. The van der Waals surface area contributed by atoms with Gasteiger partial charge in [0.2, 0.25) is 0 Å². The van der Waals surface area contributed by atoms with Crippen molar-refractivity contribution in [2.75, 3.05) is 18.6 Å². The number of pyridine rings is 1. The van der Waals surface area contributed by atoms with E-state index in [4.69, 9.17) is 20.8 Å². The molecule has 0 radical (unpaired) electrons. The normalized spacial score (nSPS) is 11.0. The molecular formula is C21H23ClN2O3S2. The van der Waals surface area contributed by atoms with Crippen LogP contribution in [0.25, 0.3) is 5.69 Å². The zero-order valence-electron chi connectivity index (χ0n) is 16.4. The summed E-state index contributed by atoms with van der Waals surface area (Å²) in [5.74, 6) is 4.20. The Kier molecular flexibility index (Phi) is 8.15. The van der Waals surface area contributed by atoms with Gasteiger partial charge in [0.15, 0.2) is 0 Å². The molecule has 2 heterocycles. The van der Waals surface area contributed by atoms with E-state index in [1.54, 1.807) is 25.1 Å². The molecule has 0 amide bonds. The molecule has 0 atom stereocenters. The maximum atomic E-state index is 12.1. The predicted octanol–water partition coefficient (Wildman–Crippen LogP) is 5.30. The van der Waals surface area contributed by atoms with E-state index in [1.165, 1.54) is 15.0 Å². The van der Waals surface area contributed by atoms with Crippen LogP contribution in [0.3, 0.4) is 0 Å². The standard InChI is InChI=1S/C21H23ClN2O3S2/c1-15-19(12-22)23-9-8-20(15)29-11-3-10-28-14-18-13-24(21(25)27-18)16-4-6-17(26-2)7-5-16/h4-9,13H,3,10-12,14H2,1-2H3. The van der Waals surface area contributed by atoms with Crippen LogP contribution in [-0.2, 0) is 11.6 Å². The van der Waals surface area contributed by atoms with E-state index in [-0.39, 0.29) is 5.76 Å². The van der Waals surface area contributed by atoms with Crippen LogP contribution in [-0.4, -0.2) is 28.2 Å². The van der Waals surface area contributed by atoms with Crippen LogP contribution in [0.1, 0.15) is 23.4 Å². The third-order valence-electron chi connectivity index (χ3n) is 4.36. The maximum Gasteiger partial charge on any atom is 0.423 e. The van der Waals surface area contributed by atoms with E-state index in [1.807, 2.05) is 48.3 Å². The average Bonchev–Trinajstić information content (AvgIpc) is 3.12. The van der Waals surface area contributed by atoms with Gasteiger partial charge in [-0.25, -0.2) is 9.36 Å². The Morgan fingerprint density at radius 3 is 2.72 bits per heavy atom. The maximum absolute atomic E-state index is 12.1. The quantitative estimate of drug-likeness (QED) is 0.237. The van der Waals surface area contributed by atoms with Crippen molar-refractivity contribution in [2.24, 2.45) is 0 Å². The van der Waals surface area contributed by atoms with E-state index in [0.717, 1.165) is 35.1 Å². The molecule has 0 aliphatic heterocycles. The Morgan fingerprint density at radius 2 is 2.00 bits per heavy atom. The number of oxazole rings is 1. The van der Waals surface area contributed by atoms with Gasteiger partial charge >= 0.3 is 5.76 Å². The zero-order chi connectivity index (χ0) is 20.6. The summed E-state index contributed by atoms with van der Waals surface area (Å²) in [4.78, 5) is 17.6. The summed E-state index contributed by atoms with van der Waals surface area (Å²) >= 11 is 9.51. The van der Waals surface area contributed by atoms with Crippen LogP contribution < -0.4 is 10.5 Å². The van der Waals surface area contributed by atoms with Gasteiger partial charge in [0.1, 0.15) is 11.5 Å². The van der Waals surface area contributed by atoms with Gasteiger partial charge in [-0.05, 0) is 60.7 Å². The van der Waals surface area contributed by atoms with Crippen molar-refractivity contribution in [3.05, 3.63) is 70.3 Å². The van der Waals surface area contributed by atoms with E-state index >= 15 is 0 Å². The Morgan fingerprint density at radius 1 is 1.21 bits per heavy atom. The molecular weight excluding hydrogens is 428 g/mol. The Balaban J connectivity index is 1.45. The van der Waals surface area contributed by atoms with Gasteiger partial charge in [-0.1, -0.05) is 0 Å². The molecule has 3 aromatic rings. The van der Waals surface area contributed by atoms with Crippen LogP contribution in [0.2, 0.25) is 0 Å². The van der Waals surface area contributed by atoms with Gasteiger partial charge in [-0.2, -0.15) is 11.8 Å². The molecule has 0 aliphatic rings. The first-order valence-corrected chi connectivity index (χ1v) is 11.9. The van der Waals surface area contributed by atoms with Crippen molar-refractivity contribution in [3.63, 3.8) is 0 Å². The molecule has 0 fully saturated rings. The van der Waals surface area contributed by atoms with Gasteiger partial charge in [-0.3, -0.25) is 4.98 Å². The summed E-state index contributed by atoms with van der Waals surface area (Å²) in [6.45, 7) is 2.07. The van der Waals surface area contributed by atoms with Crippen LogP contribution in [0.5, 0.6) is 5.75 Å². The van der Waals surface area contributed by atoms with Gasteiger partial charge in [0, 0.05) is 11.1 Å². The first kappa shape index (κ1) is 21.9. The summed E-state index contributed by atoms with van der Waals surface area (Å²) in [6.07, 6.45) is 4.65. The van der Waals surface area contributed by atoms with Crippen molar-refractivity contribution in [3.8, 4) is 11.4 Å². The van der Waals surface area contributed by atoms with Gasteiger partial charge in [0.25, 0.3) is 0 Å². The minimum absolute atomic E-state index is 0.371. The summed E-state index contributed by atoms with van der Waals surface area (Å²) < 4.78 is 12.0. The van der Waals surface area contributed by atoms with Crippen LogP contribution in [0.4, 0.5) is 0 Å². The molecule has 0 aliphatic carbocycles. The molecule has 3 rings (SSSR count). The van der Waals surface area contributed by atoms with E-state index in [0.29, 0.717) is 17.4 Å². The summed E-state index contributed by atoms with van der Waals surface area (Å²) in [6, 6.07) is 9.35. The monoisotopic (exact) mass is 450 g/mol. The minimum Gasteiger partial charge on any atom is -0.497 e. The molecule has 0 bridgehead atoms. The second-order valence-corrected chi connectivity index (χ2v) is 8.81. The predicted molar refractivity (Wildman–Crippen MR) is 121 cm³/mol. The number of aromatic nitrogens is 2. The van der Waals surface area contributed by atoms with Crippen LogP contribution >= 0.6 is 35.1 Å². The highest BCUT2D eigenvalue weighted by Crippen LogP contribution is 2.25. The second-order valence-electron chi connectivity index (χ2n) is 6.30. The molecule has 1 aromatic carbocycles. The van der Waals surface area contributed by atoms with Crippen molar-refractivity contribution in [1.82, 2.24) is 9.55 Å². The lowest BCUT2D eigenvalue weighted by molar-refractivity contribution is 0.414. The second kappa shape index (κ2) is 10.8. The molecule has 29 heavy (non-hydrogen) atoms. The largest absolute Gasteiger partial charge is 0.497 e. The molecule has 0 unspecified atom stereocenters. The SMILES string of the molecule is COc1ccc(-n2cc(CSCCCSc3ccnc(CCl)c3C)oc2=O)cc1. The topological polar surface area (TPSA) is 57.3 Å². The number of hydrogen-bond donors (Lipinski definition) is 0. The fraction of sp³-hybridized carbons (Fsp3) is 0.333. The lowest BCUT2D eigenvalue weighted by Crippen LogP contribution is -2.10. The number of thioether (sulfide) groups is 2. The number of hydrogen-bond acceptors (Lipinski definition) is 6. The van der Waals surface area contributed by atoms with E-state index in [9.17, 15) is 4.79 Å². The summed E-state index contributed by atoms with van der Waals surface area (Å²) in [7, 11) is 1.61. The highest BCUT2D eigenvalue weighted by atomic mass is 35.5. The Labute approximate surface area is 183 Å². The van der Waals surface area contributed by atoms with E-state index < -0.39 is 0 Å². The van der Waals surface area contributed by atoms with Crippen LogP contribution in [0.15, 0.2) is 56.8 Å². The van der Waals surface area contributed by atoms with Gasteiger partial charge in [0.05, 0.1) is 36.3 Å². The lowest BCUT2D eigenvalue weighted by atomic mass is 10.2. The molecule has 0 spiro atoms. The zero-order valence-corrected chi connectivity index (χ0v) is 18.8. The van der Waals surface area contributed by atoms with Crippen molar-refractivity contribution >= 4 is 35.1 Å². The molecule has 2 aromatic heterocycles. The van der Waals surface area contributed by atoms with Crippen LogP contribution in [0, 0.1) is 6.92 Å². The number of ether oxygens (including phenoxy) is 1. The molecule has 5 nitrogen and oxygen atoms in total. The summed E-state index contributed by atoms with van der Waals surface area (Å²) in [5, 5.41) is 0. The fourth-order valence-electron chi connectivity index (χ4n) is 2.74. The number of nitrogens with zero attached hydrogens (tertiary/aromatic N) is 2. The number of halogens is 1. The summed E-state index contributed by atoms with van der Waals surface area (Å²) in [5.41, 5.74) is 2.88. The van der Waals surface area contributed by atoms with E-state index in [2.05, 4.69) is 11.9 Å². The Bertz CT molecular complexity index is 986. The molecule has 0 N–H and O–H groups in total. The third-order valence-corrected chi connectivity index (χ3v) is 6.92. The number of benzene rings is 1. The number of alkyl halides is 1.